The number of benzene rings is 1. The van der Waals surface area contributed by atoms with Crippen LogP contribution in [0.2, 0.25) is 0 Å². The molecule has 0 bridgehead atoms. The van der Waals surface area contributed by atoms with E-state index in [2.05, 4.69) is 20.8 Å². The average molecular weight is 328 g/mol. The van der Waals surface area contributed by atoms with Crippen LogP contribution in [0.3, 0.4) is 0 Å². The van der Waals surface area contributed by atoms with Crippen molar-refractivity contribution < 1.29 is 9.45 Å². The predicted octanol–water partition coefficient (Wildman–Crippen LogP) is 2.16. The van der Waals surface area contributed by atoms with Crippen LogP contribution in [-0.4, -0.2) is 28.2 Å². The highest BCUT2D eigenvalue weighted by Gasteiger charge is 2.14. The van der Waals surface area contributed by atoms with Crippen molar-refractivity contribution in [3.63, 3.8) is 0 Å². The van der Waals surface area contributed by atoms with Crippen molar-refractivity contribution in [3.8, 4) is 0 Å². The summed E-state index contributed by atoms with van der Waals surface area (Å²) in [6, 6.07) is 6.67. The van der Waals surface area contributed by atoms with E-state index in [1.807, 2.05) is 14.0 Å². The Morgan fingerprint density at radius 2 is 2.14 bits per heavy atom. The van der Waals surface area contributed by atoms with Gasteiger partial charge in [-0.05, 0) is 20.0 Å². The Balaban J connectivity index is 0.00000242. The Morgan fingerprint density at radius 3 is 2.82 bits per heavy atom. The summed E-state index contributed by atoms with van der Waals surface area (Å²) in [6.45, 7) is 2.26. The molecule has 2 rings (SSSR count). The van der Waals surface area contributed by atoms with E-state index < -0.39 is 4.92 Å². The highest BCUT2D eigenvalue weighted by molar-refractivity contribution is 5.85. The molecule has 0 saturated carbocycles. The molecule has 1 unspecified atom stereocenters. The van der Waals surface area contributed by atoms with Crippen molar-refractivity contribution in [2.75, 3.05) is 12.4 Å². The fourth-order valence-electron chi connectivity index (χ4n) is 1.77. The highest BCUT2D eigenvalue weighted by Crippen LogP contribution is 2.23. The molecule has 0 radical (unpaired) electrons. The number of hydrogen-bond acceptors (Lipinski definition) is 7. The van der Waals surface area contributed by atoms with Crippen LogP contribution in [0.15, 0.2) is 28.8 Å². The van der Waals surface area contributed by atoms with Gasteiger partial charge < -0.3 is 15.2 Å². The predicted molar refractivity (Wildman–Crippen MR) is 84.2 cm³/mol. The third kappa shape index (κ3) is 4.68. The van der Waals surface area contributed by atoms with E-state index in [0.29, 0.717) is 23.8 Å². The van der Waals surface area contributed by atoms with Gasteiger partial charge in [0.15, 0.2) is 5.82 Å². The third-order valence-corrected chi connectivity index (χ3v) is 3.02. The first-order valence-corrected chi connectivity index (χ1v) is 6.56. The normalized spacial score (nSPS) is 11.5. The first kappa shape index (κ1) is 17.9. The second-order valence-electron chi connectivity index (χ2n) is 4.63. The third-order valence-electron chi connectivity index (χ3n) is 3.02. The van der Waals surface area contributed by atoms with E-state index in [1.54, 1.807) is 18.2 Å². The molecule has 2 aromatic rings. The van der Waals surface area contributed by atoms with Gasteiger partial charge in [0.2, 0.25) is 5.89 Å². The number of para-hydroxylation sites is 2. The number of aromatic nitrogens is 2. The lowest BCUT2D eigenvalue weighted by molar-refractivity contribution is -0.384. The van der Waals surface area contributed by atoms with Crippen molar-refractivity contribution in [2.24, 2.45) is 0 Å². The average Bonchev–Trinajstić information content (AvgIpc) is 2.92. The molecule has 0 saturated heterocycles. The molecular weight excluding hydrogens is 310 g/mol. The number of nitro groups is 1. The topological polar surface area (TPSA) is 106 Å². The molecule has 1 heterocycles. The van der Waals surface area contributed by atoms with Crippen molar-refractivity contribution in [1.82, 2.24) is 15.5 Å². The van der Waals surface area contributed by atoms with Crippen molar-refractivity contribution >= 4 is 23.8 Å². The van der Waals surface area contributed by atoms with Gasteiger partial charge in [0, 0.05) is 18.5 Å². The zero-order valence-corrected chi connectivity index (χ0v) is 13.1. The van der Waals surface area contributed by atoms with Gasteiger partial charge in [0.1, 0.15) is 5.69 Å². The molecule has 0 spiro atoms. The molecule has 1 aromatic heterocycles. The van der Waals surface area contributed by atoms with Crippen LogP contribution in [0.4, 0.5) is 11.4 Å². The minimum absolute atomic E-state index is 0. The van der Waals surface area contributed by atoms with E-state index in [4.69, 9.17) is 4.52 Å². The molecule has 2 N–H and O–H groups in total. The van der Waals surface area contributed by atoms with Crippen LogP contribution in [0.5, 0.6) is 0 Å². The summed E-state index contributed by atoms with van der Waals surface area (Å²) in [7, 11) is 1.86. The quantitative estimate of drug-likeness (QED) is 0.592. The van der Waals surface area contributed by atoms with Crippen molar-refractivity contribution in [3.05, 3.63) is 46.1 Å². The van der Waals surface area contributed by atoms with E-state index in [0.717, 1.165) is 0 Å². The maximum Gasteiger partial charge on any atom is 0.292 e. The Morgan fingerprint density at radius 1 is 1.41 bits per heavy atom. The molecule has 0 amide bonds. The lowest BCUT2D eigenvalue weighted by atomic mass is 10.2. The van der Waals surface area contributed by atoms with Gasteiger partial charge in [0.25, 0.3) is 5.69 Å². The molecule has 0 aliphatic carbocycles. The lowest BCUT2D eigenvalue weighted by Crippen LogP contribution is -2.24. The summed E-state index contributed by atoms with van der Waals surface area (Å²) < 4.78 is 5.11. The van der Waals surface area contributed by atoms with Crippen LogP contribution in [0, 0.1) is 10.1 Å². The number of nitrogens with zero attached hydrogens (tertiary/aromatic N) is 3. The maximum absolute atomic E-state index is 10.9. The first-order valence-electron chi connectivity index (χ1n) is 6.56. The van der Waals surface area contributed by atoms with Crippen LogP contribution < -0.4 is 10.6 Å². The number of nitrogens with one attached hydrogen (secondary N) is 2. The minimum Gasteiger partial charge on any atom is -0.371 e. The van der Waals surface area contributed by atoms with Crippen LogP contribution in [-0.2, 0) is 13.0 Å². The monoisotopic (exact) mass is 327 g/mol. The first-order chi connectivity index (χ1) is 10.1. The van der Waals surface area contributed by atoms with E-state index in [-0.39, 0.29) is 30.7 Å². The van der Waals surface area contributed by atoms with Gasteiger partial charge in [-0.3, -0.25) is 10.1 Å². The van der Waals surface area contributed by atoms with Crippen LogP contribution in [0.1, 0.15) is 18.6 Å². The van der Waals surface area contributed by atoms with Gasteiger partial charge >= 0.3 is 0 Å². The summed E-state index contributed by atoms with van der Waals surface area (Å²) in [5.74, 6) is 1.00. The zero-order chi connectivity index (χ0) is 15.2. The summed E-state index contributed by atoms with van der Waals surface area (Å²) in [4.78, 5) is 14.7. The van der Waals surface area contributed by atoms with E-state index >= 15 is 0 Å². The Hall–Kier alpha value is -2.19. The van der Waals surface area contributed by atoms with Gasteiger partial charge in [-0.25, -0.2) is 0 Å². The fourth-order valence-corrected chi connectivity index (χ4v) is 1.77. The van der Waals surface area contributed by atoms with Crippen molar-refractivity contribution in [2.45, 2.75) is 25.9 Å². The highest BCUT2D eigenvalue weighted by atomic mass is 35.5. The van der Waals surface area contributed by atoms with E-state index in [9.17, 15) is 10.1 Å². The second-order valence-corrected chi connectivity index (χ2v) is 4.63. The molecular formula is C13H18ClN5O3. The Bertz CT molecular complexity index is 619. The number of hydrogen-bond donors (Lipinski definition) is 2. The number of halogens is 1. The number of rotatable bonds is 7. The number of likely N-dealkylation sites (N-methyl/N-ethyl adjacent to an activating group) is 1. The van der Waals surface area contributed by atoms with E-state index in [1.165, 1.54) is 6.07 Å². The summed E-state index contributed by atoms with van der Waals surface area (Å²) in [5.41, 5.74) is 0.437. The molecule has 0 fully saturated rings. The van der Waals surface area contributed by atoms with Crippen LogP contribution >= 0.6 is 12.4 Å². The largest absolute Gasteiger partial charge is 0.371 e. The summed E-state index contributed by atoms with van der Waals surface area (Å²) in [6.07, 6.45) is 0.658. The molecule has 8 nitrogen and oxygen atoms in total. The molecule has 120 valence electrons. The molecule has 1 atom stereocenters. The van der Waals surface area contributed by atoms with Gasteiger partial charge in [-0.2, -0.15) is 4.98 Å². The minimum atomic E-state index is -0.434. The number of nitro benzene ring substituents is 1. The van der Waals surface area contributed by atoms with Gasteiger partial charge in [0.05, 0.1) is 11.5 Å². The summed E-state index contributed by atoms with van der Waals surface area (Å²) in [5, 5.41) is 20.8. The molecule has 1 aromatic carbocycles. The smallest absolute Gasteiger partial charge is 0.292 e. The maximum atomic E-state index is 10.9. The van der Waals surface area contributed by atoms with Gasteiger partial charge in [-0.1, -0.05) is 17.3 Å². The van der Waals surface area contributed by atoms with Gasteiger partial charge in [-0.15, -0.1) is 12.4 Å². The Kier molecular flexibility index (Phi) is 6.74. The SMILES string of the molecule is CNC(C)Cc1noc(CNc2ccccc2[N+](=O)[O-])n1.Cl. The molecule has 0 aliphatic rings. The Labute approximate surface area is 133 Å². The standard InChI is InChI=1S/C13H17N5O3.ClH/c1-9(14-2)7-12-16-13(21-17-12)8-15-10-5-3-4-6-11(10)18(19)20;/h3-6,9,14-15H,7-8H2,1-2H3;1H. The second kappa shape index (κ2) is 8.30. The van der Waals surface area contributed by atoms with Crippen molar-refractivity contribution in [1.29, 1.82) is 0 Å². The summed E-state index contributed by atoms with van der Waals surface area (Å²) >= 11 is 0. The lowest BCUT2D eigenvalue weighted by Gasteiger charge is -2.05. The molecule has 0 aliphatic heterocycles. The molecule has 22 heavy (non-hydrogen) atoms. The fraction of sp³-hybridized carbons (Fsp3) is 0.385. The molecule has 9 heteroatoms. The van der Waals surface area contributed by atoms with Crippen LogP contribution in [0.25, 0.3) is 0 Å². The number of anilines is 1. The zero-order valence-electron chi connectivity index (χ0n) is 12.3.